The highest BCUT2D eigenvalue weighted by molar-refractivity contribution is 6.13. The minimum Gasteiger partial charge on any atom is -0.507 e. The van der Waals surface area contributed by atoms with E-state index < -0.39 is 5.78 Å². The molecule has 0 atom stereocenters. The number of phenolic OH excluding ortho intramolecular Hbond substituents is 1. The molecule has 32 heavy (non-hydrogen) atoms. The summed E-state index contributed by atoms with van der Waals surface area (Å²) in [6, 6.07) is 4.89. The molecule has 2 aromatic carbocycles. The number of phenols is 1. The Kier molecular flexibility index (Phi) is 9.08. The standard InChI is InChI=1S/C25H30O7/c1-7-8-9-10-17-19(28-2)15-20(29-3)23(24(17)27)18(26)12-11-16-13-21(30-4)25(32-6)22(14-16)31-5/h13-15,27H,7-10H2,1-6H3. The smallest absolute Gasteiger partial charge is 0.243 e. The minimum atomic E-state index is -0.576. The summed E-state index contributed by atoms with van der Waals surface area (Å²) in [5, 5.41) is 10.9. The number of rotatable bonds is 10. The zero-order valence-corrected chi connectivity index (χ0v) is 19.5. The van der Waals surface area contributed by atoms with Crippen molar-refractivity contribution in [1.82, 2.24) is 0 Å². The molecule has 0 radical (unpaired) electrons. The molecule has 0 saturated carbocycles. The number of benzene rings is 2. The lowest BCUT2D eigenvalue weighted by atomic mass is 9.98. The fourth-order valence-corrected chi connectivity index (χ4v) is 3.36. The van der Waals surface area contributed by atoms with Crippen LogP contribution in [0.1, 0.15) is 47.7 Å². The molecular formula is C25H30O7. The largest absolute Gasteiger partial charge is 0.507 e. The molecule has 172 valence electrons. The van der Waals surface area contributed by atoms with Gasteiger partial charge in [0.1, 0.15) is 22.8 Å². The summed E-state index contributed by atoms with van der Waals surface area (Å²) in [5.74, 6) is 6.60. The van der Waals surface area contributed by atoms with Crippen molar-refractivity contribution in [3.05, 3.63) is 34.9 Å². The first kappa shape index (κ1) is 24.7. The number of methoxy groups -OCH3 is 5. The van der Waals surface area contributed by atoms with Crippen LogP contribution >= 0.6 is 0 Å². The summed E-state index contributed by atoms with van der Waals surface area (Å²) in [4.78, 5) is 13.0. The van der Waals surface area contributed by atoms with Crippen molar-refractivity contribution in [3.8, 4) is 46.3 Å². The van der Waals surface area contributed by atoms with Gasteiger partial charge >= 0.3 is 0 Å². The third-order valence-electron chi connectivity index (χ3n) is 5.01. The van der Waals surface area contributed by atoms with Crippen LogP contribution in [-0.4, -0.2) is 46.4 Å². The molecule has 0 saturated heterocycles. The number of Topliss-reactive ketones (excluding diaryl/α,β-unsaturated/α-hetero) is 1. The molecule has 0 amide bonds. The zero-order chi connectivity index (χ0) is 23.7. The van der Waals surface area contributed by atoms with Gasteiger partial charge in [-0.1, -0.05) is 25.7 Å². The lowest BCUT2D eigenvalue weighted by Gasteiger charge is -2.16. The molecule has 1 N–H and O–H groups in total. The van der Waals surface area contributed by atoms with Crippen molar-refractivity contribution in [2.45, 2.75) is 32.6 Å². The van der Waals surface area contributed by atoms with Crippen molar-refractivity contribution < 1.29 is 33.6 Å². The Labute approximate surface area is 189 Å². The van der Waals surface area contributed by atoms with E-state index in [1.54, 1.807) is 18.2 Å². The molecule has 2 rings (SSSR count). The summed E-state index contributed by atoms with van der Waals surface area (Å²) >= 11 is 0. The number of aromatic hydroxyl groups is 1. The number of hydrogen-bond donors (Lipinski definition) is 1. The van der Waals surface area contributed by atoms with Crippen molar-refractivity contribution in [2.24, 2.45) is 0 Å². The van der Waals surface area contributed by atoms with Gasteiger partial charge in [0.25, 0.3) is 0 Å². The molecule has 0 spiro atoms. The van der Waals surface area contributed by atoms with E-state index in [-0.39, 0.29) is 17.1 Å². The minimum absolute atomic E-state index is 0.0136. The van der Waals surface area contributed by atoms with Gasteiger partial charge in [0, 0.05) is 17.2 Å². The van der Waals surface area contributed by atoms with Gasteiger partial charge in [0.05, 0.1) is 35.5 Å². The highest BCUT2D eigenvalue weighted by Gasteiger charge is 2.23. The predicted octanol–water partition coefficient (Wildman–Crippen LogP) is 4.40. The Morgan fingerprint density at radius 1 is 0.844 bits per heavy atom. The van der Waals surface area contributed by atoms with E-state index in [0.717, 1.165) is 19.3 Å². The Balaban J connectivity index is 2.51. The van der Waals surface area contributed by atoms with Crippen LogP contribution in [0.5, 0.6) is 34.5 Å². The van der Waals surface area contributed by atoms with Gasteiger partial charge in [-0.05, 0) is 30.9 Å². The van der Waals surface area contributed by atoms with Gasteiger partial charge in [-0.15, -0.1) is 0 Å². The molecule has 7 nitrogen and oxygen atoms in total. The lowest BCUT2D eigenvalue weighted by Crippen LogP contribution is -2.05. The van der Waals surface area contributed by atoms with Gasteiger partial charge in [-0.2, -0.15) is 0 Å². The number of carbonyl (C=O) groups is 1. The van der Waals surface area contributed by atoms with Crippen molar-refractivity contribution >= 4 is 5.78 Å². The average Bonchev–Trinajstić information content (AvgIpc) is 2.82. The van der Waals surface area contributed by atoms with Crippen LogP contribution < -0.4 is 23.7 Å². The monoisotopic (exact) mass is 442 g/mol. The average molecular weight is 443 g/mol. The van der Waals surface area contributed by atoms with Crippen molar-refractivity contribution in [1.29, 1.82) is 0 Å². The third-order valence-corrected chi connectivity index (χ3v) is 5.01. The second-order valence-electron chi connectivity index (χ2n) is 6.93. The molecule has 7 heteroatoms. The van der Waals surface area contributed by atoms with Gasteiger partial charge < -0.3 is 28.8 Å². The van der Waals surface area contributed by atoms with Gasteiger partial charge in [-0.3, -0.25) is 4.79 Å². The molecule has 0 aromatic heterocycles. The van der Waals surface area contributed by atoms with Crippen LogP contribution in [0.25, 0.3) is 0 Å². The highest BCUT2D eigenvalue weighted by atomic mass is 16.5. The second-order valence-corrected chi connectivity index (χ2v) is 6.93. The maximum absolute atomic E-state index is 13.0. The highest BCUT2D eigenvalue weighted by Crippen LogP contribution is 2.40. The summed E-state index contributed by atoms with van der Waals surface area (Å²) in [6.45, 7) is 2.10. The third kappa shape index (κ3) is 5.38. The van der Waals surface area contributed by atoms with Crippen LogP contribution in [-0.2, 0) is 6.42 Å². The molecule has 0 aliphatic rings. The topological polar surface area (TPSA) is 83.5 Å². The molecule has 0 fully saturated rings. The van der Waals surface area contributed by atoms with Gasteiger partial charge in [0.15, 0.2) is 11.5 Å². The van der Waals surface area contributed by atoms with E-state index >= 15 is 0 Å². The van der Waals surface area contributed by atoms with E-state index in [2.05, 4.69) is 18.8 Å². The SMILES string of the molecule is CCCCCc1c(OC)cc(OC)c(C(=O)C#Cc2cc(OC)c(OC)c(OC)c2)c1O. The maximum atomic E-state index is 13.0. The lowest BCUT2D eigenvalue weighted by molar-refractivity contribution is 0.105. The fourth-order valence-electron chi connectivity index (χ4n) is 3.36. The molecule has 0 aliphatic heterocycles. The summed E-state index contributed by atoms with van der Waals surface area (Å²) in [5.41, 5.74) is 1.07. The van der Waals surface area contributed by atoms with E-state index in [9.17, 15) is 9.90 Å². The van der Waals surface area contributed by atoms with Crippen LogP contribution in [0.2, 0.25) is 0 Å². The molecule has 0 bridgehead atoms. The fraction of sp³-hybridized carbons (Fsp3) is 0.400. The van der Waals surface area contributed by atoms with Gasteiger partial charge in [-0.25, -0.2) is 0 Å². The number of ketones is 1. The zero-order valence-electron chi connectivity index (χ0n) is 19.5. The van der Waals surface area contributed by atoms with E-state index in [1.165, 1.54) is 35.5 Å². The Morgan fingerprint density at radius 3 is 1.94 bits per heavy atom. The first-order chi connectivity index (χ1) is 15.4. The molecule has 2 aromatic rings. The Hall–Kier alpha value is -3.53. The first-order valence-corrected chi connectivity index (χ1v) is 10.3. The Morgan fingerprint density at radius 2 is 1.44 bits per heavy atom. The molecule has 0 heterocycles. The first-order valence-electron chi connectivity index (χ1n) is 10.3. The Bertz CT molecular complexity index is 990. The number of ether oxygens (including phenoxy) is 5. The van der Waals surface area contributed by atoms with Crippen LogP contribution in [0.3, 0.4) is 0 Å². The number of carbonyl (C=O) groups excluding carboxylic acids is 1. The summed E-state index contributed by atoms with van der Waals surface area (Å²) in [7, 11) is 7.45. The van der Waals surface area contributed by atoms with Crippen molar-refractivity contribution in [2.75, 3.05) is 35.5 Å². The molecule has 0 aliphatic carbocycles. The van der Waals surface area contributed by atoms with E-state index in [4.69, 9.17) is 23.7 Å². The maximum Gasteiger partial charge on any atom is 0.243 e. The quantitative estimate of drug-likeness (QED) is 0.332. The van der Waals surface area contributed by atoms with Crippen LogP contribution in [0, 0.1) is 11.8 Å². The summed E-state index contributed by atoms with van der Waals surface area (Å²) in [6.07, 6.45) is 3.47. The van der Waals surface area contributed by atoms with E-state index in [0.29, 0.717) is 40.5 Å². The van der Waals surface area contributed by atoms with Crippen LogP contribution in [0.4, 0.5) is 0 Å². The molecule has 0 unspecified atom stereocenters. The second kappa shape index (κ2) is 11.8. The van der Waals surface area contributed by atoms with Crippen molar-refractivity contribution in [3.63, 3.8) is 0 Å². The molecular weight excluding hydrogens is 412 g/mol. The van der Waals surface area contributed by atoms with Gasteiger partial charge in [0.2, 0.25) is 11.5 Å². The normalized spacial score (nSPS) is 10.1. The summed E-state index contributed by atoms with van der Waals surface area (Å²) < 4.78 is 26.7. The number of hydrogen-bond acceptors (Lipinski definition) is 7. The number of unbranched alkanes of at least 4 members (excludes halogenated alkanes) is 2. The predicted molar refractivity (Wildman–Crippen MR) is 122 cm³/mol. The van der Waals surface area contributed by atoms with E-state index in [1.807, 2.05) is 0 Å². The van der Waals surface area contributed by atoms with Crippen LogP contribution in [0.15, 0.2) is 18.2 Å².